The van der Waals surface area contributed by atoms with Crippen LogP contribution in [-0.2, 0) is 22.7 Å². The van der Waals surface area contributed by atoms with E-state index < -0.39 is 11.4 Å². The summed E-state index contributed by atoms with van der Waals surface area (Å²) in [5.41, 5.74) is 2.65. The van der Waals surface area contributed by atoms with E-state index in [0.29, 0.717) is 37.8 Å². The lowest BCUT2D eigenvalue weighted by Gasteiger charge is -2.45. The lowest BCUT2D eigenvalue weighted by molar-refractivity contribution is -0.146. The van der Waals surface area contributed by atoms with Crippen molar-refractivity contribution in [2.75, 3.05) is 18.4 Å². The molecule has 2 fully saturated rings. The molecule has 9 heteroatoms. The van der Waals surface area contributed by atoms with Crippen LogP contribution in [0.5, 0.6) is 0 Å². The molecule has 2 aliphatic heterocycles. The molecule has 2 N–H and O–H groups in total. The fourth-order valence-corrected chi connectivity index (χ4v) is 5.39. The van der Waals surface area contributed by atoms with Crippen molar-refractivity contribution in [3.63, 3.8) is 0 Å². The Bertz CT molecular complexity index is 1140. The zero-order valence-corrected chi connectivity index (χ0v) is 19.8. The van der Waals surface area contributed by atoms with E-state index in [9.17, 15) is 18.8 Å². The number of rotatable bonds is 4. The maximum absolute atomic E-state index is 13.4. The van der Waals surface area contributed by atoms with Crippen LogP contribution in [0.2, 0.25) is 0 Å². The summed E-state index contributed by atoms with van der Waals surface area (Å²) in [6, 6.07) is 9.02. The van der Waals surface area contributed by atoms with Crippen molar-refractivity contribution >= 4 is 23.5 Å². The number of halogens is 1. The van der Waals surface area contributed by atoms with E-state index in [2.05, 4.69) is 15.6 Å². The zero-order valence-electron chi connectivity index (χ0n) is 19.8. The van der Waals surface area contributed by atoms with Gasteiger partial charge in [0.15, 0.2) is 0 Å². The molecule has 3 heterocycles. The molecule has 2 aromatic rings. The van der Waals surface area contributed by atoms with Crippen molar-refractivity contribution in [3.8, 4) is 0 Å². The Labute approximate surface area is 203 Å². The number of pyridine rings is 1. The minimum Gasteiger partial charge on any atom is -0.342 e. The lowest BCUT2D eigenvalue weighted by atomic mass is 9.75. The number of carbonyl (C=O) groups excluding carboxylic acids is 3. The van der Waals surface area contributed by atoms with Gasteiger partial charge in [-0.15, -0.1) is 0 Å². The zero-order chi connectivity index (χ0) is 24.6. The third-order valence-corrected chi connectivity index (χ3v) is 7.46. The van der Waals surface area contributed by atoms with Gasteiger partial charge < -0.3 is 20.4 Å². The first-order chi connectivity index (χ1) is 16.8. The summed E-state index contributed by atoms with van der Waals surface area (Å²) in [5, 5.41) is 5.80. The highest BCUT2D eigenvalue weighted by molar-refractivity contribution is 5.92. The first-order valence-electron chi connectivity index (χ1n) is 12.2. The molecule has 1 saturated heterocycles. The van der Waals surface area contributed by atoms with E-state index in [1.54, 1.807) is 4.90 Å². The monoisotopic (exact) mass is 479 g/mol. The van der Waals surface area contributed by atoms with Crippen molar-refractivity contribution in [1.29, 1.82) is 0 Å². The summed E-state index contributed by atoms with van der Waals surface area (Å²) in [6.07, 6.45) is 5.30. The van der Waals surface area contributed by atoms with Gasteiger partial charge in [0.25, 0.3) is 0 Å². The van der Waals surface area contributed by atoms with Crippen LogP contribution in [0.15, 0.2) is 36.5 Å². The molecule has 1 aromatic carbocycles. The van der Waals surface area contributed by atoms with E-state index in [1.807, 2.05) is 29.2 Å². The lowest BCUT2D eigenvalue weighted by Crippen LogP contribution is -2.63. The van der Waals surface area contributed by atoms with Crippen molar-refractivity contribution in [2.24, 2.45) is 0 Å². The Morgan fingerprint density at radius 3 is 2.40 bits per heavy atom. The Hall–Kier alpha value is -3.49. The molecule has 0 atom stereocenters. The molecule has 3 aliphatic rings. The smallest absolute Gasteiger partial charge is 0.322 e. The summed E-state index contributed by atoms with van der Waals surface area (Å²) < 4.78 is 13.4. The summed E-state index contributed by atoms with van der Waals surface area (Å²) >= 11 is 0. The van der Waals surface area contributed by atoms with Crippen LogP contribution >= 0.6 is 0 Å². The van der Waals surface area contributed by atoms with Crippen molar-refractivity contribution in [3.05, 3.63) is 59.2 Å². The Morgan fingerprint density at radius 2 is 1.77 bits per heavy atom. The average Bonchev–Trinajstić information content (AvgIpc) is 3.25. The Morgan fingerprint density at radius 1 is 1.06 bits per heavy atom. The second-order valence-corrected chi connectivity index (χ2v) is 9.85. The van der Waals surface area contributed by atoms with E-state index in [1.165, 1.54) is 24.8 Å². The van der Waals surface area contributed by atoms with E-state index in [-0.39, 0.29) is 17.8 Å². The fourth-order valence-electron chi connectivity index (χ4n) is 5.39. The number of fused-ring (bicyclic) bond motifs is 1. The second-order valence-electron chi connectivity index (χ2n) is 9.85. The van der Waals surface area contributed by atoms with Gasteiger partial charge in [0.05, 0.1) is 18.4 Å². The summed E-state index contributed by atoms with van der Waals surface area (Å²) in [6.45, 7) is 3.51. The van der Waals surface area contributed by atoms with Crippen LogP contribution in [0.4, 0.5) is 14.9 Å². The highest BCUT2D eigenvalue weighted by atomic mass is 19.1. The van der Waals surface area contributed by atoms with Gasteiger partial charge in [-0.25, -0.2) is 9.18 Å². The van der Waals surface area contributed by atoms with Gasteiger partial charge in [-0.2, -0.15) is 0 Å². The van der Waals surface area contributed by atoms with Crippen LogP contribution in [0, 0.1) is 5.82 Å². The van der Waals surface area contributed by atoms with Gasteiger partial charge in [-0.05, 0) is 67.3 Å². The third kappa shape index (κ3) is 4.72. The molecule has 0 unspecified atom stereocenters. The van der Waals surface area contributed by atoms with Gasteiger partial charge in [0.1, 0.15) is 11.4 Å². The number of aromatic nitrogens is 1. The average molecular weight is 480 g/mol. The number of hydrogen-bond acceptors (Lipinski definition) is 4. The summed E-state index contributed by atoms with van der Waals surface area (Å²) in [7, 11) is 0. The highest BCUT2D eigenvalue weighted by Gasteiger charge is 2.47. The number of amides is 4. The topological polar surface area (TPSA) is 94.6 Å². The molecule has 8 nitrogen and oxygen atoms in total. The first-order valence-corrected chi connectivity index (χ1v) is 12.2. The van der Waals surface area contributed by atoms with Crippen molar-refractivity contribution in [2.45, 2.75) is 63.6 Å². The number of likely N-dealkylation sites (tertiary alicyclic amines) is 1. The van der Waals surface area contributed by atoms with E-state index >= 15 is 0 Å². The van der Waals surface area contributed by atoms with Crippen molar-refractivity contribution < 1.29 is 18.8 Å². The molecular formula is C26H30FN5O3. The molecule has 1 aliphatic carbocycles. The van der Waals surface area contributed by atoms with Crippen LogP contribution in [0.25, 0.3) is 0 Å². The van der Waals surface area contributed by atoms with Crippen LogP contribution < -0.4 is 10.6 Å². The SMILES string of the molecule is CC(=O)NC1(C(=O)N2CCC(c3ccc(NC(=O)N4Cc5cc(F)cnc5C4)cc3)CC2)CCC1. The number of urea groups is 1. The Kier molecular flexibility index (Phi) is 6.17. The van der Waals surface area contributed by atoms with E-state index in [4.69, 9.17) is 0 Å². The molecule has 4 amide bonds. The molecule has 0 radical (unpaired) electrons. The molecule has 184 valence electrons. The number of benzene rings is 1. The first kappa shape index (κ1) is 23.3. The number of hydrogen-bond donors (Lipinski definition) is 2. The number of piperidine rings is 1. The molecule has 5 rings (SSSR count). The molecule has 1 aromatic heterocycles. The second kappa shape index (κ2) is 9.28. The fraction of sp³-hybridized carbons (Fsp3) is 0.462. The highest BCUT2D eigenvalue weighted by Crippen LogP contribution is 2.36. The maximum atomic E-state index is 13.4. The normalized spacial score (nSPS) is 19.0. The number of carbonyl (C=O) groups is 3. The van der Waals surface area contributed by atoms with Crippen molar-refractivity contribution in [1.82, 2.24) is 20.1 Å². The molecule has 35 heavy (non-hydrogen) atoms. The summed E-state index contributed by atoms with van der Waals surface area (Å²) in [5.74, 6) is -0.152. The predicted molar refractivity (Wildman–Crippen MR) is 128 cm³/mol. The standard InChI is InChI=1S/C26H30FN5O3/c1-17(33)30-26(9-2-10-26)24(34)31-11-7-19(8-12-31)18-3-5-22(6-4-18)29-25(35)32-15-20-13-21(27)14-28-23(20)16-32/h3-6,13-14,19H,2,7-12,15-16H2,1H3,(H,29,35)(H,30,33). The van der Waals surface area contributed by atoms with Crippen LogP contribution in [-0.4, -0.2) is 51.3 Å². The quantitative estimate of drug-likeness (QED) is 0.702. The predicted octanol–water partition coefficient (Wildman–Crippen LogP) is 3.53. The molecule has 0 bridgehead atoms. The van der Waals surface area contributed by atoms with Crippen LogP contribution in [0.3, 0.4) is 0 Å². The maximum Gasteiger partial charge on any atom is 0.322 e. The summed E-state index contributed by atoms with van der Waals surface area (Å²) in [4.78, 5) is 44.9. The van der Waals surface area contributed by atoms with E-state index in [0.717, 1.165) is 43.4 Å². The minimum absolute atomic E-state index is 0.0532. The number of anilines is 1. The van der Waals surface area contributed by atoms with Gasteiger partial charge in [-0.1, -0.05) is 12.1 Å². The van der Waals surface area contributed by atoms with Gasteiger partial charge in [-0.3, -0.25) is 14.6 Å². The molecule has 1 saturated carbocycles. The van der Waals surface area contributed by atoms with Gasteiger partial charge in [0.2, 0.25) is 11.8 Å². The van der Waals surface area contributed by atoms with Gasteiger partial charge >= 0.3 is 6.03 Å². The number of nitrogens with one attached hydrogen (secondary N) is 2. The minimum atomic E-state index is -0.695. The van der Waals surface area contributed by atoms with Crippen LogP contribution in [0.1, 0.15) is 61.8 Å². The Balaban J connectivity index is 1.13. The largest absolute Gasteiger partial charge is 0.342 e. The number of nitrogens with zero attached hydrogens (tertiary/aromatic N) is 3. The molecular weight excluding hydrogens is 449 g/mol. The van der Waals surface area contributed by atoms with Gasteiger partial charge in [0, 0.05) is 32.2 Å². The molecule has 0 spiro atoms. The third-order valence-electron chi connectivity index (χ3n) is 7.46.